The van der Waals surface area contributed by atoms with E-state index in [2.05, 4.69) is 15.3 Å². The first-order chi connectivity index (χ1) is 13.1. The summed E-state index contributed by atoms with van der Waals surface area (Å²) in [6.45, 7) is 1.16. The van der Waals surface area contributed by atoms with Crippen molar-refractivity contribution in [2.24, 2.45) is 0 Å². The van der Waals surface area contributed by atoms with Gasteiger partial charge >= 0.3 is 0 Å². The van der Waals surface area contributed by atoms with E-state index in [0.29, 0.717) is 36.3 Å². The van der Waals surface area contributed by atoms with E-state index in [1.165, 1.54) is 11.1 Å². The molecule has 1 amide bonds. The van der Waals surface area contributed by atoms with Gasteiger partial charge in [0.25, 0.3) is 5.91 Å². The fraction of sp³-hybridized carbons (Fsp3) is 0.333. The zero-order valence-corrected chi connectivity index (χ0v) is 14.8. The number of carbonyl (C=O) groups excluding carboxylic acids is 1. The maximum absolute atomic E-state index is 12.3. The summed E-state index contributed by atoms with van der Waals surface area (Å²) in [6.07, 6.45) is 3.20. The molecule has 1 aliphatic rings. The van der Waals surface area contributed by atoms with Crippen LogP contribution in [-0.2, 0) is 9.53 Å². The van der Waals surface area contributed by atoms with Crippen LogP contribution in [0.4, 0.5) is 17.3 Å². The Morgan fingerprint density at radius 2 is 2.04 bits per heavy atom. The molecule has 9 heteroatoms. The molecule has 0 aliphatic carbocycles. The van der Waals surface area contributed by atoms with Gasteiger partial charge in [-0.25, -0.2) is 9.97 Å². The Morgan fingerprint density at radius 3 is 2.74 bits per heavy atom. The molecule has 0 unspecified atom stereocenters. The van der Waals surface area contributed by atoms with Crippen LogP contribution in [0.25, 0.3) is 0 Å². The van der Waals surface area contributed by atoms with Crippen molar-refractivity contribution in [2.45, 2.75) is 12.0 Å². The average molecular weight is 369 g/mol. The Hall–Kier alpha value is -3.22. The monoisotopic (exact) mass is 369 g/mol. The van der Waals surface area contributed by atoms with E-state index in [1.54, 1.807) is 43.6 Å². The minimum Gasteiger partial charge on any atom is -0.491 e. The second-order valence-corrected chi connectivity index (χ2v) is 5.92. The van der Waals surface area contributed by atoms with E-state index in [4.69, 9.17) is 14.7 Å². The number of pyridine rings is 2. The first-order valence-electron chi connectivity index (χ1n) is 8.32. The molecule has 2 aromatic heterocycles. The van der Waals surface area contributed by atoms with Crippen molar-refractivity contribution in [1.82, 2.24) is 9.97 Å². The Morgan fingerprint density at radius 1 is 1.30 bits per heavy atom. The summed E-state index contributed by atoms with van der Waals surface area (Å²) in [6, 6.07) is 8.42. The highest BCUT2D eigenvalue weighted by Gasteiger charge is 2.46. The first-order valence-corrected chi connectivity index (χ1v) is 8.32. The first kappa shape index (κ1) is 18.6. The number of nitrogens with zero attached hydrogens (tertiary/aromatic N) is 4. The van der Waals surface area contributed by atoms with E-state index in [1.807, 2.05) is 0 Å². The molecule has 1 atom stereocenters. The highest BCUT2D eigenvalue weighted by atomic mass is 16.5. The van der Waals surface area contributed by atoms with Crippen LogP contribution in [0.15, 0.2) is 36.7 Å². The van der Waals surface area contributed by atoms with Crippen LogP contribution in [0.3, 0.4) is 0 Å². The summed E-state index contributed by atoms with van der Waals surface area (Å²) in [7, 11) is 1.60. The Balaban J connectivity index is 1.73. The van der Waals surface area contributed by atoms with Gasteiger partial charge in [-0.15, -0.1) is 0 Å². The van der Waals surface area contributed by atoms with Crippen LogP contribution in [0.1, 0.15) is 6.42 Å². The quantitative estimate of drug-likeness (QED) is 0.552. The molecular formula is C18H19N5O4. The van der Waals surface area contributed by atoms with Crippen LogP contribution in [0, 0.1) is 11.3 Å². The topological polar surface area (TPSA) is 121 Å². The number of aliphatic hydroxyl groups is 1. The molecule has 1 fully saturated rings. The van der Waals surface area contributed by atoms with E-state index >= 15 is 0 Å². The van der Waals surface area contributed by atoms with E-state index in [9.17, 15) is 9.90 Å². The van der Waals surface area contributed by atoms with Crippen LogP contribution >= 0.6 is 0 Å². The molecule has 3 heterocycles. The molecule has 0 spiro atoms. The second-order valence-electron chi connectivity index (χ2n) is 5.92. The molecule has 0 aromatic carbocycles. The molecule has 0 saturated carbocycles. The van der Waals surface area contributed by atoms with Crippen molar-refractivity contribution in [3.63, 3.8) is 0 Å². The summed E-state index contributed by atoms with van der Waals surface area (Å²) in [5.41, 5.74) is -1.43. The van der Waals surface area contributed by atoms with E-state index in [-0.39, 0.29) is 13.0 Å². The summed E-state index contributed by atoms with van der Waals surface area (Å²) in [5.74, 6) is 0.994. The van der Waals surface area contributed by atoms with Gasteiger partial charge in [-0.3, -0.25) is 4.79 Å². The van der Waals surface area contributed by atoms with Gasteiger partial charge in [-0.05, 0) is 12.1 Å². The summed E-state index contributed by atoms with van der Waals surface area (Å²) >= 11 is 0. The maximum Gasteiger partial charge on any atom is 0.273 e. The van der Waals surface area contributed by atoms with Gasteiger partial charge in [-0.2, -0.15) is 5.26 Å². The number of ether oxygens (including phenoxy) is 2. The van der Waals surface area contributed by atoms with Gasteiger partial charge < -0.3 is 24.8 Å². The van der Waals surface area contributed by atoms with Crippen molar-refractivity contribution in [2.75, 3.05) is 37.1 Å². The number of rotatable bonds is 7. The van der Waals surface area contributed by atoms with Crippen LogP contribution in [-0.4, -0.2) is 53.5 Å². The van der Waals surface area contributed by atoms with Crippen molar-refractivity contribution < 1.29 is 19.4 Å². The standard InChI is InChI=1S/C18H19N5O4/c1-26-8-9-27-14-3-6-21-16(11-14)22-15-10-13(2-5-20-15)23-7-4-18(25,12-19)17(23)24/h2-3,5-6,10-11,25H,4,7-9H2,1H3,(H,20,21,22)/t18-/m0/s1. The summed E-state index contributed by atoms with van der Waals surface area (Å²) < 4.78 is 10.5. The van der Waals surface area contributed by atoms with Gasteiger partial charge in [0.15, 0.2) is 0 Å². The Labute approximate surface area is 156 Å². The predicted octanol–water partition coefficient (Wildman–Crippen LogP) is 1.24. The van der Waals surface area contributed by atoms with Gasteiger partial charge in [0.2, 0.25) is 5.60 Å². The fourth-order valence-electron chi connectivity index (χ4n) is 2.65. The minimum atomic E-state index is -1.97. The molecule has 27 heavy (non-hydrogen) atoms. The lowest BCUT2D eigenvalue weighted by molar-refractivity contribution is -0.128. The molecule has 1 aliphatic heterocycles. The zero-order chi connectivity index (χ0) is 19.3. The van der Waals surface area contributed by atoms with Crippen LogP contribution < -0.4 is 15.0 Å². The molecule has 2 aromatic rings. The predicted molar refractivity (Wildman–Crippen MR) is 96.7 cm³/mol. The number of anilines is 3. The van der Waals surface area contributed by atoms with Gasteiger partial charge in [0.1, 0.15) is 30.1 Å². The zero-order valence-electron chi connectivity index (χ0n) is 14.8. The van der Waals surface area contributed by atoms with Crippen molar-refractivity contribution in [3.05, 3.63) is 36.7 Å². The summed E-state index contributed by atoms with van der Waals surface area (Å²) in [4.78, 5) is 22.1. The normalized spacial score (nSPS) is 19.0. The lowest BCUT2D eigenvalue weighted by atomic mass is 10.1. The SMILES string of the molecule is COCCOc1ccnc(Nc2cc(N3CC[C@](O)(C#N)C3=O)ccn2)c1. The number of hydrogen-bond donors (Lipinski definition) is 2. The number of amides is 1. The molecule has 2 N–H and O–H groups in total. The highest BCUT2D eigenvalue weighted by Crippen LogP contribution is 2.29. The van der Waals surface area contributed by atoms with Crippen LogP contribution in [0.5, 0.6) is 5.75 Å². The van der Waals surface area contributed by atoms with Gasteiger partial charge in [0.05, 0.1) is 6.61 Å². The highest BCUT2D eigenvalue weighted by molar-refractivity contribution is 6.03. The molecule has 3 rings (SSSR count). The third-order valence-corrected chi connectivity index (χ3v) is 4.08. The van der Waals surface area contributed by atoms with Gasteiger partial charge in [-0.1, -0.05) is 0 Å². The smallest absolute Gasteiger partial charge is 0.273 e. The minimum absolute atomic E-state index is 0.0653. The van der Waals surface area contributed by atoms with Crippen LogP contribution in [0.2, 0.25) is 0 Å². The number of carbonyl (C=O) groups is 1. The van der Waals surface area contributed by atoms with E-state index in [0.717, 1.165) is 0 Å². The van der Waals surface area contributed by atoms with E-state index < -0.39 is 11.5 Å². The molecule has 1 saturated heterocycles. The number of aromatic nitrogens is 2. The molecule has 0 radical (unpaired) electrons. The lowest BCUT2D eigenvalue weighted by Gasteiger charge is -2.18. The largest absolute Gasteiger partial charge is 0.491 e. The Kier molecular flexibility index (Phi) is 5.49. The number of nitrogens with one attached hydrogen (secondary N) is 1. The summed E-state index contributed by atoms with van der Waals surface area (Å²) in [5, 5.41) is 22.1. The maximum atomic E-state index is 12.3. The third kappa shape index (κ3) is 4.13. The van der Waals surface area contributed by atoms with Gasteiger partial charge in [0, 0.05) is 50.3 Å². The Bertz CT molecular complexity index is 869. The fourth-order valence-corrected chi connectivity index (χ4v) is 2.65. The molecule has 140 valence electrons. The molecule has 9 nitrogen and oxygen atoms in total. The second kappa shape index (κ2) is 7.99. The third-order valence-electron chi connectivity index (χ3n) is 4.08. The molecule has 0 bridgehead atoms. The number of hydrogen-bond acceptors (Lipinski definition) is 8. The number of nitriles is 1. The lowest BCUT2D eigenvalue weighted by Crippen LogP contribution is -2.38. The van der Waals surface area contributed by atoms with Crippen molar-refractivity contribution in [3.8, 4) is 11.8 Å². The molecular weight excluding hydrogens is 350 g/mol. The average Bonchev–Trinajstić information content (AvgIpc) is 2.98. The van der Waals surface area contributed by atoms with Crippen molar-refractivity contribution >= 4 is 23.2 Å². The van der Waals surface area contributed by atoms with Crippen molar-refractivity contribution in [1.29, 1.82) is 5.26 Å². The number of methoxy groups -OCH3 is 1.